The minimum atomic E-state index is -2.67. The number of aromatic nitrogens is 1. The number of rotatable bonds is 4. The van der Waals surface area contributed by atoms with Gasteiger partial charge in [-0.05, 0) is 6.92 Å². The van der Waals surface area contributed by atoms with Gasteiger partial charge in [0, 0.05) is 17.3 Å². The van der Waals surface area contributed by atoms with Crippen molar-refractivity contribution < 1.29 is 23.0 Å². The fourth-order valence-corrected chi connectivity index (χ4v) is 1.52. The number of ether oxygens (including phenoxy) is 2. The number of esters is 1. The number of methoxy groups -OCH3 is 2. The molecule has 0 atom stereocenters. The number of hydrogen-bond acceptors (Lipinski definition) is 4. The summed E-state index contributed by atoms with van der Waals surface area (Å²) < 4.78 is 34.7. The van der Waals surface area contributed by atoms with E-state index in [0.717, 1.165) is 0 Å². The Hall–Kier alpha value is -1.72. The van der Waals surface area contributed by atoms with Crippen molar-refractivity contribution >= 4 is 5.97 Å². The molecule has 4 nitrogen and oxygen atoms in total. The van der Waals surface area contributed by atoms with Gasteiger partial charge in [-0.3, -0.25) is 9.78 Å². The third-order valence-corrected chi connectivity index (χ3v) is 2.35. The number of halogens is 2. The molecule has 0 aromatic carbocycles. The van der Waals surface area contributed by atoms with Crippen LogP contribution < -0.4 is 4.74 Å². The second-order valence-corrected chi connectivity index (χ2v) is 3.38. The van der Waals surface area contributed by atoms with Gasteiger partial charge in [-0.15, -0.1) is 0 Å². The van der Waals surface area contributed by atoms with Crippen LogP contribution >= 0.6 is 0 Å². The number of hydrogen-bond donors (Lipinski definition) is 0. The SMILES string of the molecule is COC(=O)Cc1cnc(C(F)F)c(C)c1OC. The normalized spacial score (nSPS) is 10.5. The molecule has 0 spiro atoms. The zero-order chi connectivity index (χ0) is 13.0. The molecular weight excluding hydrogens is 232 g/mol. The van der Waals surface area contributed by atoms with Gasteiger partial charge in [-0.1, -0.05) is 0 Å². The Labute approximate surface area is 97.6 Å². The molecule has 1 heterocycles. The standard InChI is InChI=1S/C11H13F2NO3/c1-6-9(11(12)13)14-5-7(10(6)17-3)4-8(15)16-2/h5,11H,4H2,1-3H3. The summed E-state index contributed by atoms with van der Waals surface area (Å²) in [6, 6.07) is 0. The van der Waals surface area contributed by atoms with Gasteiger partial charge in [0.2, 0.25) is 0 Å². The zero-order valence-corrected chi connectivity index (χ0v) is 9.79. The molecule has 0 saturated carbocycles. The summed E-state index contributed by atoms with van der Waals surface area (Å²) >= 11 is 0. The molecule has 0 radical (unpaired) electrons. The van der Waals surface area contributed by atoms with Crippen molar-refractivity contribution in [3.8, 4) is 5.75 Å². The van der Waals surface area contributed by atoms with E-state index < -0.39 is 12.4 Å². The van der Waals surface area contributed by atoms with Crippen molar-refractivity contribution in [2.45, 2.75) is 19.8 Å². The van der Waals surface area contributed by atoms with Gasteiger partial charge < -0.3 is 9.47 Å². The molecule has 17 heavy (non-hydrogen) atoms. The van der Waals surface area contributed by atoms with E-state index in [2.05, 4.69) is 9.72 Å². The van der Waals surface area contributed by atoms with Gasteiger partial charge in [-0.2, -0.15) is 0 Å². The average Bonchev–Trinajstić information content (AvgIpc) is 2.28. The van der Waals surface area contributed by atoms with Gasteiger partial charge in [0.1, 0.15) is 11.4 Å². The van der Waals surface area contributed by atoms with Gasteiger partial charge in [0.15, 0.2) is 0 Å². The van der Waals surface area contributed by atoms with Crippen LogP contribution in [0.5, 0.6) is 5.75 Å². The number of carbonyl (C=O) groups is 1. The Kier molecular flexibility index (Phi) is 4.37. The Morgan fingerprint density at radius 3 is 2.59 bits per heavy atom. The van der Waals surface area contributed by atoms with E-state index in [-0.39, 0.29) is 23.4 Å². The van der Waals surface area contributed by atoms with Gasteiger partial charge in [0.25, 0.3) is 6.43 Å². The molecule has 0 aliphatic rings. The minimum absolute atomic E-state index is 0.0585. The molecule has 6 heteroatoms. The van der Waals surface area contributed by atoms with E-state index in [1.165, 1.54) is 27.3 Å². The van der Waals surface area contributed by atoms with E-state index in [0.29, 0.717) is 5.56 Å². The first-order valence-electron chi connectivity index (χ1n) is 4.88. The summed E-state index contributed by atoms with van der Waals surface area (Å²) in [7, 11) is 2.61. The van der Waals surface area contributed by atoms with Crippen molar-refractivity contribution in [1.82, 2.24) is 4.98 Å². The van der Waals surface area contributed by atoms with Crippen molar-refractivity contribution in [3.05, 3.63) is 23.0 Å². The second kappa shape index (κ2) is 5.56. The summed E-state index contributed by atoms with van der Waals surface area (Å²) in [5.41, 5.74) is 0.334. The summed E-state index contributed by atoms with van der Waals surface area (Å²) in [6.07, 6.45) is -1.52. The third-order valence-electron chi connectivity index (χ3n) is 2.35. The van der Waals surface area contributed by atoms with Crippen LogP contribution in [0.2, 0.25) is 0 Å². The molecule has 0 amide bonds. The topological polar surface area (TPSA) is 48.4 Å². The number of alkyl halides is 2. The maximum atomic E-state index is 12.6. The van der Waals surface area contributed by atoms with Crippen molar-refractivity contribution in [2.24, 2.45) is 0 Å². The fraction of sp³-hybridized carbons (Fsp3) is 0.455. The first-order valence-corrected chi connectivity index (χ1v) is 4.88. The molecule has 1 rings (SSSR count). The molecule has 0 bridgehead atoms. The molecule has 0 saturated heterocycles. The highest BCUT2D eigenvalue weighted by atomic mass is 19.3. The quantitative estimate of drug-likeness (QED) is 0.762. The fourth-order valence-electron chi connectivity index (χ4n) is 1.52. The highest BCUT2D eigenvalue weighted by Gasteiger charge is 2.19. The predicted molar refractivity (Wildman–Crippen MR) is 56.2 cm³/mol. The molecule has 0 aliphatic heterocycles. The van der Waals surface area contributed by atoms with Crippen molar-refractivity contribution in [2.75, 3.05) is 14.2 Å². The third kappa shape index (κ3) is 2.89. The van der Waals surface area contributed by atoms with Crippen LogP contribution in [0.1, 0.15) is 23.2 Å². The number of carbonyl (C=O) groups excluding carboxylic acids is 1. The molecule has 94 valence electrons. The van der Waals surface area contributed by atoms with Crippen molar-refractivity contribution in [3.63, 3.8) is 0 Å². The Morgan fingerprint density at radius 1 is 1.47 bits per heavy atom. The summed E-state index contributed by atoms with van der Waals surface area (Å²) in [4.78, 5) is 14.8. The smallest absolute Gasteiger partial charge is 0.310 e. The van der Waals surface area contributed by atoms with Crippen LogP contribution in [0.3, 0.4) is 0 Å². The monoisotopic (exact) mass is 245 g/mol. The molecule has 1 aromatic heterocycles. The van der Waals surface area contributed by atoms with Crippen LogP contribution in [0.25, 0.3) is 0 Å². The van der Waals surface area contributed by atoms with Gasteiger partial charge in [0.05, 0.1) is 20.6 Å². The summed E-state index contributed by atoms with van der Waals surface area (Å²) in [5, 5.41) is 0. The summed E-state index contributed by atoms with van der Waals surface area (Å²) in [6.45, 7) is 1.48. The van der Waals surface area contributed by atoms with Gasteiger partial charge in [-0.25, -0.2) is 8.78 Å². The molecule has 0 N–H and O–H groups in total. The first-order chi connectivity index (χ1) is 8.01. The zero-order valence-electron chi connectivity index (χ0n) is 9.79. The van der Waals surface area contributed by atoms with Crippen molar-refractivity contribution in [1.29, 1.82) is 0 Å². The lowest BCUT2D eigenvalue weighted by Crippen LogP contribution is -2.09. The Bertz CT molecular complexity index is 421. The van der Waals surface area contributed by atoms with E-state index in [1.807, 2.05) is 0 Å². The number of nitrogens with zero attached hydrogens (tertiary/aromatic N) is 1. The molecule has 1 aromatic rings. The van der Waals surface area contributed by atoms with Crippen LogP contribution in [0, 0.1) is 6.92 Å². The van der Waals surface area contributed by atoms with E-state index in [1.54, 1.807) is 0 Å². The van der Waals surface area contributed by atoms with Gasteiger partial charge >= 0.3 is 5.97 Å². The van der Waals surface area contributed by atoms with Crippen LogP contribution in [-0.2, 0) is 16.0 Å². The maximum Gasteiger partial charge on any atom is 0.310 e. The lowest BCUT2D eigenvalue weighted by atomic mass is 10.1. The van der Waals surface area contributed by atoms with E-state index in [4.69, 9.17) is 4.74 Å². The molecule has 0 fully saturated rings. The molecular formula is C11H13F2NO3. The molecule has 0 unspecified atom stereocenters. The average molecular weight is 245 g/mol. The van der Waals surface area contributed by atoms with Crippen LogP contribution in [-0.4, -0.2) is 25.2 Å². The first kappa shape index (κ1) is 13.3. The highest BCUT2D eigenvalue weighted by Crippen LogP contribution is 2.30. The van der Waals surface area contributed by atoms with E-state index >= 15 is 0 Å². The Morgan fingerprint density at radius 2 is 2.12 bits per heavy atom. The second-order valence-electron chi connectivity index (χ2n) is 3.38. The number of pyridine rings is 1. The lowest BCUT2D eigenvalue weighted by Gasteiger charge is -2.13. The Balaban J connectivity index is 3.16. The summed E-state index contributed by atoms with van der Waals surface area (Å²) in [5.74, 6) is -0.227. The largest absolute Gasteiger partial charge is 0.496 e. The minimum Gasteiger partial charge on any atom is -0.496 e. The lowest BCUT2D eigenvalue weighted by molar-refractivity contribution is -0.139. The predicted octanol–water partition coefficient (Wildman–Crippen LogP) is 2.05. The highest BCUT2D eigenvalue weighted by molar-refractivity contribution is 5.73. The van der Waals surface area contributed by atoms with Crippen LogP contribution in [0.15, 0.2) is 6.20 Å². The van der Waals surface area contributed by atoms with E-state index in [9.17, 15) is 13.6 Å². The maximum absolute atomic E-state index is 12.6. The molecule has 0 aliphatic carbocycles. The van der Waals surface area contributed by atoms with Crippen LogP contribution in [0.4, 0.5) is 8.78 Å².